The third kappa shape index (κ3) is 4.24. The number of rotatable bonds is 6. The average Bonchev–Trinajstić information content (AvgIpc) is 2.66. The van der Waals surface area contributed by atoms with Crippen LogP contribution in [-0.2, 0) is 9.53 Å². The Bertz CT molecular complexity index is 764. The predicted octanol–water partition coefficient (Wildman–Crippen LogP) is 3.01. The summed E-state index contributed by atoms with van der Waals surface area (Å²) in [5.74, 6) is 0.0335. The minimum Gasteiger partial charge on any atom is -0.384 e. The monoisotopic (exact) mass is 364 g/mol. The Kier molecular flexibility index (Phi) is 5.92. The van der Waals surface area contributed by atoms with Gasteiger partial charge in [0.1, 0.15) is 5.82 Å². The standard InChI is InChI=1S/C18H22F2N4O2/c1-26-11-8-15(25)24-9-6-12(7-10-24)21-17-13-4-2-3-5-14(13)22-18(23-17)16(19)20/h2-5,12,16H,6-11H2,1H3,(H,21,22,23). The van der Waals surface area contributed by atoms with E-state index < -0.39 is 12.2 Å². The quantitative estimate of drug-likeness (QED) is 0.853. The van der Waals surface area contributed by atoms with Gasteiger partial charge < -0.3 is 15.0 Å². The fourth-order valence-corrected chi connectivity index (χ4v) is 3.12. The number of amides is 1. The van der Waals surface area contributed by atoms with Crippen molar-refractivity contribution in [2.75, 3.05) is 32.1 Å². The number of likely N-dealkylation sites (tertiary alicyclic amines) is 1. The lowest BCUT2D eigenvalue weighted by molar-refractivity contribution is -0.133. The van der Waals surface area contributed by atoms with E-state index in [-0.39, 0.29) is 11.9 Å². The van der Waals surface area contributed by atoms with Crippen molar-refractivity contribution in [3.8, 4) is 0 Å². The molecule has 0 radical (unpaired) electrons. The number of carbonyl (C=O) groups excluding carboxylic acids is 1. The van der Waals surface area contributed by atoms with Crippen LogP contribution in [0.3, 0.4) is 0 Å². The normalized spacial score (nSPS) is 15.6. The molecule has 0 bridgehead atoms. The molecule has 2 aromatic rings. The number of fused-ring (bicyclic) bond motifs is 1. The smallest absolute Gasteiger partial charge is 0.297 e. The first kappa shape index (κ1) is 18.4. The van der Waals surface area contributed by atoms with Crippen LogP contribution in [0.15, 0.2) is 24.3 Å². The molecule has 3 rings (SSSR count). The first-order valence-electron chi connectivity index (χ1n) is 8.66. The van der Waals surface area contributed by atoms with Crippen molar-refractivity contribution in [2.45, 2.75) is 31.7 Å². The number of anilines is 1. The number of nitrogens with zero attached hydrogens (tertiary/aromatic N) is 3. The number of halogens is 2. The van der Waals surface area contributed by atoms with Gasteiger partial charge in [0.15, 0.2) is 5.82 Å². The first-order valence-corrected chi connectivity index (χ1v) is 8.66. The molecule has 1 aromatic carbocycles. The average molecular weight is 364 g/mol. The minimum atomic E-state index is -2.72. The minimum absolute atomic E-state index is 0.0744. The lowest BCUT2D eigenvalue weighted by Gasteiger charge is -2.33. The summed E-state index contributed by atoms with van der Waals surface area (Å²) >= 11 is 0. The lowest BCUT2D eigenvalue weighted by Crippen LogP contribution is -2.42. The van der Waals surface area contributed by atoms with Crippen molar-refractivity contribution >= 4 is 22.6 Å². The molecule has 1 aromatic heterocycles. The molecule has 26 heavy (non-hydrogen) atoms. The van der Waals surface area contributed by atoms with Gasteiger partial charge >= 0.3 is 0 Å². The number of hydrogen-bond acceptors (Lipinski definition) is 5. The Hall–Kier alpha value is -2.35. The summed E-state index contributed by atoms with van der Waals surface area (Å²) in [5, 5.41) is 3.99. The number of ether oxygens (including phenoxy) is 1. The molecule has 0 saturated carbocycles. The largest absolute Gasteiger partial charge is 0.384 e. The number of alkyl halides is 2. The van der Waals surface area contributed by atoms with Gasteiger partial charge in [-0.1, -0.05) is 12.1 Å². The first-order chi connectivity index (χ1) is 12.6. The molecule has 0 unspecified atom stereocenters. The second-order valence-corrected chi connectivity index (χ2v) is 6.29. The van der Waals surface area contributed by atoms with E-state index in [4.69, 9.17) is 4.74 Å². The van der Waals surface area contributed by atoms with Gasteiger partial charge in [-0.2, -0.15) is 0 Å². The summed E-state index contributed by atoms with van der Waals surface area (Å²) in [6.45, 7) is 1.68. The number of piperidine rings is 1. The molecule has 1 saturated heterocycles. The number of para-hydroxylation sites is 1. The lowest BCUT2D eigenvalue weighted by atomic mass is 10.0. The van der Waals surface area contributed by atoms with Crippen molar-refractivity contribution in [1.29, 1.82) is 0 Å². The van der Waals surface area contributed by atoms with Crippen LogP contribution in [0.1, 0.15) is 31.5 Å². The number of nitrogens with one attached hydrogen (secondary N) is 1. The van der Waals surface area contributed by atoms with Crippen molar-refractivity contribution in [3.63, 3.8) is 0 Å². The summed E-state index contributed by atoms with van der Waals surface area (Å²) in [6, 6.07) is 7.18. The van der Waals surface area contributed by atoms with Crippen LogP contribution in [-0.4, -0.2) is 53.6 Å². The summed E-state index contributed by atoms with van der Waals surface area (Å²) < 4.78 is 31.1. The summed E-state index contributed by atoms with van der Waals surface area (Å²) in [4.78, 5) is 21.8. The van der Waals surface area contributed by atoms with E-state index in [2.05, 4.69) is 15.3 Å². The SMILES string of the molecule is COCCC(=O)N1CCC(Nc2nc(C(F)F)nc3ccccc23)CC1. The maximum atomic E-state index is 13.1. The Morgan fingerprint density at radius 1 is 1.31 bits per heavy atom. The molecule has 2 heterocycles. The van der Waals surface area contributed by atoms with Gasteiger partial charge in [-0.25, -0.2) is 18.7 Å². The highest BCUT2D eigenvalue weighted by atomic mass is 19.3. The van der Waals surface area contributed by atoms with Gasteiger partial charge in [-0.15, -0.1) is 0 Å². The van der Waals surface area contributed by atoms with Crippen molar-refractivity contribution in [3.05, 3.63) is 30.1 Å². The summed E-state index contributed by atoms with van der Waals surface area (Å²) in [6.07, 6.45) is -0.870. The number of methoxy groups -OCH3 is 1. The van der Waals surface area contributed by atoms with E-state index in [0.29, 0.717) is 37.5 Å². The van der Waals surface area contributed by atoms with Crippen LogP contribution in [0.4, 0.5) is 14.6 Å². The van der Waals surface area contributed by atoms with Crippen LogP contribution >= 0.6 is 0 Å². The zero-order valence-electron chi connectivity index (χ0n) is 14.6. The van der Waals surface area contributed by atoms with Crippen LogP contribution in [0, 0.1) is 0 Å². The Balaban J connectivity index is 1.69. The van der Waals surface area contributed by atoms with Gasteiger partial charge in [0.25, 0.3) is 6.43 Å². The topological polar surface area (TPSA) is 67.3 Å². The van der Waals surface area contributed by atoms with Gasteiger partial charge in [-0.3, -0.25) is 4.79 Å². The molecule has 1 aliphatic heterocycles. The van der Waals surface area contributed by atoms with Crippen molar-refractivity contribution in [1.82, 2.24) is 14.9 Å². The van der Waals surface area contributed by atoms with E-state index in [1.54, 1.807) is 19.2 Å². The van der Waals surface area contributed by atoms with E-state index >= 15 is 0 Å². The molecule has 8 heteroatoms. The van der Waals surface area contributed by atoms with Crippen molar-refractivity contribution in [2.24, 2.45) is 0 Å². The molecule has 1 fully saturated rings. The second-order valence-electron chi connectivity index (χ2n) is 6.29. The molecule has 1 amide bonds. The summed E-state index contributed by atoms with van der Waals surface area (Å²) in [5.41, 5.74) is 0.493. The predicted molar refractivity (Wildman–Crippen MR) is 94.2 cm³/mol. The van der Waals surface area contributed by atoms with Gasteiger partial charge in [0.2, 0.25) is 5.91 Å². The molecule has 0 aliphatic carbocycles. The maximum absolute atomic E-state index is 13.1. The maximum Gasteiger partial charge on any atom is 0.297 e. The number of aromatic nitrogens is 2. The third-order valence-electron chi connectivity index (χ3n) is 4.52. The van der Waals surface area contributed by atoms with E-state index in [9.17, 15) is 13.6 Å². The van der Waals surface area contributed by atoms with E-state index in [1.165, 1.54) is 0 Å². The van der Waals surface area contributed by atoms with Crippen LogP contribution < -0.4 is 5.32 Å². The zero-order valence-corrected chi connectivity index (χ0v) is 14.6. The molecular formula is C18H22F2N4O2. The zero-order chi connectivity index (χ0) is 18.5. The summed E-state index contributed by atoms with van der Waals surface area (Å²) in [7, 11) is 1.57. The number of hydrogen-bond donors (Lipinski definition) is 1. The molecule has 1 N–H and O–H groups in total. The molecule has 0 spiro atoms. The fraction of sp³-hybridized carbons (Fsp3) is 0.500. The molecular weight excluding hydrogens is 342 g/mol. The van der Waals surface area contributed by atoms with Crippen molar-refractivity contribution < 1.29 is 18.3 Å². The van der Waals surface area contributed by atoms with Crippen LogP contribution in [0.2, 0.25) is 0 Å². The molecule has 140 valence electrons. The van der Waals surface area contributed by atoms with Gasteiger partial charge in [-0.05, 0) is 25.0 Å². The second kappa shape index (κ2) is 8.35. The highest BCUT2D eigenvalue weighted by Gasteiger charge is 2.24. The van der Waals surface area contributed by atoms with Crippen LogP contribution in [0.25, 0.3) is 10.9 Å². The van der Waals surface area contributed by atoms with E-state index in [1.807, 2.05) is 17.0 Å². The molecule has 0 atom stereocenters. The fourth-order valence-electron chi connectivity index (χ4n) is 3.12. The van der Waals surface area contributed by atoms with Crippen LogP contribution in [0.5, 0.6) is 0 Å². The van der Waals surface area contributed by atoms with E-state index in [0.717, 1.165) is 18.2 Å². The highest BCUT2D eigenvalue weighted by Crippen LogP contribution is 2.26. The van der Waals surface area contributed by atoms with Gasteiger partial charge in [0, 0.05) is 31.6 Å². The molecule has 6 nitrogen and oxygen atoms in total. The number of carbonyl (C=O) groups is 1. The Labute approximate surface area is 150 Å². The number of benzene rings is 1. The van der Waals surface area contributed by atoms with Gasteiger partial charge in [0.05, 0.1) is 18.5 Å². The highest BCUT2D eigenvalue weighted by molar-refractivity contribution is 5.89. The molecule has 1 aliphatic rings. The third-order valence-corrected chi connectivity index (χ3v) is 4.52. The Morgan fingerprint density at radius 2 is 2.04 bits per heavy atom. The Morgan fingerprint density at radius 3 is 2.73 bits per heavy atom.